The zero-order valence-electron chi connectivity index (χ0n) is 17.7. The molecule has 2 aliphatic heterocycles. The van der Waals surface area contributed by atoms with Crippen molar-refractivity contribution in [2.75, 3.05) is 45.4 Å². The van der Waals surface area contributed by atoms with E-state index in [4.69, 9.17) is 18.9 Å². The molecule has 4 rings (SSSR count). The molecule has 0 radical (unpaired) electrons. The highest BCUT2D eigenvalue weighted by Crippen LogP contribution is 2.41. The van der Waals surface area contributed by atoms with E-state index in [0.717, 1.165) is 35.8 Å². The van der Waals surface area contributed by atoms with E-state index in [1.54, 1.807) is 14.2 Å². The summed E-state index contributed by atoms with van der Waals surface area (Å²) in [5, 5.41) is 0. The Labute approximate surface area is 177 Å². The molecule has 1 fully saturated rings. The van der Waals surface area contributed by atoms with E-state index in [0.29, 0.717) is 37.6 Å². The first-order valence-electron chi connectivity index (χ1n) is 10.3. The van der Waals surface area contributed by atoms with E-state index in [1.807, 2.05) is 48.2 Å². The second kappa shape index (κ2) is 8.73. The molecule has 7 heteroatoms. The van der Waals surface area contributed by atoms with Crippen LogP contribution in [-0.2, 0) is 4.79 Å². The lowest BCUT2D eigenvalue weighted by Gasteiger charge is -2.32. The van der Waals surface area contributed by atoms with Gasteiger partial charge in [-0.05, 0) is 24.3 Å². The van der Waals surface area contributed by atoms with Crippen molar-refractivity contribution < 1.29 is 23.7 Å². The van der Waals surface area contributed by atoms with Crippen LogP contribution in [0, 0.1) is 0 Å². The third-order valence-electron chi connectivity index (χ3n) is 5.58. The molecule has 1 amide bonds. The molecule has 2 aliphatic rings. The van der Waals surface area contributed by atoms with E-state index >= 15 is 0 Å². The minimum absolute atomic E-state index is 0.0117. The summed E-state index contributed by atoms with van der Waals surface area (Å²) in [7, 11) is 3.26. The van der Waals surface area contributed by atoms with Gasteiger partial charge < -0.3 is 28.7 Å². The van der Waals surface area contributed by atoms with E-state index in [-0.39, 0.29) is 12.0 Å². The van der Waals surface area contributed by atoms with Gasteiger partial charge in [-0.2, -0.15) is 0 Å². The number of anilines is 2. The van der Waals surface area contributed by atoms with Gasteiger partial charge in [0.2, 0.25) is 5.91 Å². The Morgan fingerprint density at radius 2 is 1.93 bits per heavy atom. The van der Waals surface area contributed by atoms with Gasteiger partial charge in [0.1, 0.15) is 24.2 Å². The van der Waals surface area contributed by atoms with Crippen molar-refractivity contribution in [2.24, 2.45) is 0 Å². The molecule has 0 aliphatic carbocycles. The zero-order valence-corrected chi connectivity index (χ0v) is 17.7. The molecule has 0 aromatic heterocycles. The Kier molecular flexibility index (Phi) is 5.88. The van der Waals surface area contributed by atoms with Gasteiger partial charge in [-0.3, -0.25) is 4.79 Å². The molecule has 30 heavy (non-hydrogen) atoms. The van der Waals surface area contributed by atoms with Crippen LogP contribution in [0.25, 0.3) is 0 Å². The maximum Gasteiger partial charge on any atom is 0.222 e. The maximum absolute atomic E-state index is 11.9. The lowest BCUT2D eigenvalue weighted by Crippen LogP contribution is -2.30. The number of carbonyl (C=O) groups is 1. The average molecular weight is 412 g/mol. The molecule has 0 N–H and O–H groups in total. The minimum Gasteiger partial charge on any atom is -0.493 e. The SMILES string of the molecule is CCC(=O)N1CC[C@H](Oc2ccc3c(c2)N(c2ccc(OC)c(OC)c2)CCO3)C1. The molecule has 7 nitrogen and oxygen atoms in total. The van der Waals surface area contributed by atoms with Crippen LogP contribution in [0.5, 0.6) is 23.0 Å². The number of ether oxygens (including phenoxy) is 4. The Bertz CT molecular complexity index is 916. The van der Waals surface area contributed by atoms with E-state index in [1.165, 1.54) is 0 Å². The van der Waals surface area contributed by atoms with Crippen LogP contribution in [0.15, 0.2) is 36.4 Å². The maximum atomic E-state index is 11.9. The molecule has 0 saturated carbocycles. The first kappa shape index (κ1) is 20.2. The van der Waals surface area contributed by atoms with Gasteiger partial charge in [0.25, 0.3) is 0 Å². The molecule has 0 unspecified atom stereocenters. The summed E-state index contributed by atoms with van der Waals surface area (Å²) in [6.07, 6.45) is 1.39. The summed E-state index contributed by atoms with van der Waals surface area (Å²) >= 11 is 0. The summed E-state index contributed by atoms with van der Waals surface area (Å²) in [5.41, 5.74) is 1.94. The van der Waals surface area contributed by atoms with Crippen molar-refractivity contribution in [3.63, 3.8) is 0 Å². The van der Waals surface area contributed by atoms with Crippen molar-refractivity contribution in [3.05, 3.63) is 36.4 Å². The van der Waals surface area contributed by atoms with Crippen LogP contribution >= 0.6 is 0 Å². The molecule has 1 atom stereocenters. The lowest BCUT2D eigenvalue weighted by atomic mass is 10.1. The molecule has 0 bridgehead atoms. The van der Waals surface area contributed by atoms with Crippen molar-refractivity contribution >= 4 is 17.3 Å². The second-order valence-electron chi connectivity index (χ2n) is 7.39. The Morgan fingerprint density at radius 3 is 2.70 bits per heavy atom. The summed E-state index contributed by atoms with van der Waals surface area (Å²) in [6.45, 7) is 4.60. The number of hydrogen-bond donors (Lipinski definition) is 0. The molecule has 2 aromatic rings. The van der Waals surface area contributed by atoms with Gasteiger partial charge in [0.05, 0.1) is 33.0 Å². The van der Waals surface area contributed by atoms with Crippen LogP contribution in [-0.4, -0.2) is 57.4 Å². The van der Waals surface area contributed by atoms with Gasteiger partial charge in [-0.1, -0.05) is 6.92 Å². The van der Waals surface area contributed by atoms with Gasteiger partial charge in [0.15, 0.2) is 11.5 Å². The quantitative estimate of drug-likeness (QED) is 0.722. The molecular formula is C23H28N2O5. The first-order valence-corrected chi connectivity index (χ1v) is 10.3. The third-order valence-corrected chi connectivity index (χ3v) is 5.58. The molecule has 160 valence electrons. The number of nitrogens with zero attached hydrogens (tertiary/aromatic N) is 2. The molecule has 1 saturated heterocycles. The molecule has 0 spiro atoms. The number of methoxy groups -OCH3 is 2. The Hall–Kier alpha value is -3.09. The van der Waals surface area contributed by atoms with Crippen LogP contribution in [0.4, 0.5) is 11.4 Å². The van der Waals surface area contributed by atoms with Crippen molar-refractivity contribution in [2.45, 2.75) is 25.9 Å². The number of likely N-dealkylation sites (tertiary alicyclic amines) is 1. The van der Waals surface area contributed by atoms with Crippen molar-refractivity contribution in [1.82, 2.24) is 4.90 Å². The standard InChI is InChI=1S/C23H28N2O5/c1-4-23(26)24-10-9-18(15-24)30-17-6-8-20-19(14-17)25(11-12-29-20)16-5-7-21(27-2)22(13-16)28-3/h5-8,13-14,18H,4,9-12,15H2,1-3H3/t18-/m0/s1. The fraction of sp³-hybridized carbons (Fsp3) is 0.435. The molecular weight excluding hydrogens is 384 g/mol. The van der Waals surface area contributed by atoms with E-state index in [2.05, 4.69) is 4.90 Å². The fourth-order valence-corrected chi connectivity index (χ4v) is 4.00. The van der Waals surface area contributed by atoms with Gasteiger partial charge in [0, 0.05) is 37.2 Å². The number of benzene rings is 2. The smallest absolute Gasteiger partial charge is 0.222 e. The highest BCUT2D eigenvalue weighted by atomic mass is 16.5. The van der Waals surface area contributed by atoms with Crippen LogP contribution in [0.2, 0.25) is 0 Å². The van der Waals surface area contributed by atoms with Gasteiger partial charge in [-0.15, -0.1) is 0 Å². The second-order valence-corrected chi connectivity index (χ2v) is 7.39. The predicted molar refractivity (Wildman–Crippen MR) is 114 cm³/mol. The third kappa shape index (κ3) is 3.97. The minimum atomic E-state index is 0.0117. The predicted octanol–water partition coefficient (Wildman–Crippen LogP) is 3.62. The number of hydrogen-bond acceptors (Lipinski definition) is 6. The summed E-state index contributed by atoms with van der Waals surface area (Å²) in [6, 6.07) is 11.8. The van der Waals surface area contributed by atoms with Crippen LogP contribution < -0.4 is 23.8 Å². The first-order chi connectivity index (χ1) is 14.6. The number of amides is 1. The zero-order chi connectivity index (χ0) is 21.1. The monoisotopic (exact) mass is 412 g/mol. The van der Waals surface area contributed by atoms with Crippen molar-refractivity contribution in [3.8, 4) is 23.0 Å². The Balaban J connectivity index is 1.56. The van der Waals surface area contributed by atoms with Gasteiger partial charge >= 0.3 is 0 Å². The van der Waals surface area contributed by atoms with Gasteiger partial charge in [-0.25, -0.2) is 0 Å². The molecule has 2 heterocycles. The number of rotatable bonds is 6. The van der Waals surface area contributed by atoms with Crippen molar-refractivity contribution in [1.29, 1.82) is 0 Å². The largest absolute Gasteiger partial charge is 0.493 e. The van der Waals surface area contributed by atoms with E-state index < -0.39 is 0 Å². The summed E-state index contributed by atoms with van der Waals surface area (Å²) in [4.78, 5) is 16.0. The fourth-order valence-electron chi connectivity index (χ4n) is 4.00. The average Bonchev–Trinajstić information content (AvgIpc) is 3.26. The number of fused-ring (bicyclic) bond motifs is 1. The molecule has 2 aromatic carbocycles. The highest BCUT2D eigenvalue weighted by Gasteiger charge is 2.28. The topological polar surface area (TPSA) is 60.5 Å². The van der Waals surface area contributed by atoms with E-state index in [9.17, 15) is 4.79 Å². The summed E-state index contributed by atoms with van der Waals surface area (Å²) in [5.74, 6) is 3.15. The Morgan fingerprint density at radius 1 is 1.10 bits per heavy atom. The highest BCUT2D eigenvalue weighted by molar-refractivity contribution is 5.76. The van der Waals surface area contributed by atoms with Crippen LogP contribution in [0.3, 0.4) is 0 Å². The normalized spacial score (nSPS) is 17.9. The summed E-state index contributed by atoms with van der Waals surface area (Å²) < 4.78 is 22.9. The number of carbonyl (C=O) groups excluding carboxylic acids is 1. The lowest BCUT2D eigenvalue weighted by molar-refractivity contribution is -0.130. The van der Waals surface area contributed by atoms with Crippen LogP contribution in [0.1, 0.15) is 19.8 Å².